The van der Waals surface area contributed by atoms with E-state index in [2.05, 4.69) is 21.2 Å². The smallest absolute Gasteiger partial charge is 0.306 e. The van der Waals surface area contributed by atoms with Crippen molar-refractivity contribution in [3.05, 3.63) is 34.3 Å². The second-order valence-electron chi connectivity index (χ2n) is 5.43. The van der Waals surface area contributed by atoms with E-state index in [1.807, 2.05) is 0 Å². The van der Waals surface area contributed by atoms with Crippen LogP contribution in [0.1, 0.15) is 18.4 Å². The number of hydrogen-bond donors (Lipinski definition) is 2. The van der Waals surface area contributed by atoms with E-state index >= 15 is 0 Å². The average Bonchev–Trinajstić information content (AvgIpc) is 2.31. The van der Waals surface area contributed by atoms with Crippen LogP contribution in [-0.2, 0) is 25.2 Å². The predicted molar refractivity (Wildman–Crippen MR) is 83.9 cm³/mol. The molecule has 0 aliphatic heterocycles. The molecule has 1 aliphatic rings. The average molecular weight is 390 g/mol. The van der Waals surface area contributed by atoms with Crippen LogP contribution in [0.25, 0.3) is 0 Å². The van der Waals surface area contributed by atoms with Crippen molar-refractivity contribution < 1.29 is 23.1 Å². The first-order chi connectivity index (χ1) is 10.2. The maximum absolute atomic E-state index is 12.0. The van der Waals surface area contributed by atoms with Crippen LogP contribution in [0.4, 0.5) is 0 Å². The third kappa shape index (κ3) is 4.81. The number of hydrogen-bond acceptors (Lipinski definition) is 4. The zero-order valence-corrected chi connectivity index (χ0v) is 14.1. The Hall–Kier alpha value is -1.41. The van der Waals surface area contributed by atoms with Gasteiger partial charge in [0.25, 0.3) is 0 Å². The fourth-order valence-corrected chi connectivity index (χ4v) is 4.06. The second kappa shape index (κ2) is 6.78. The van der Waals surface area contributed by atoms with Gasteiger partial charge in [0, 0.05) is 10.5 Å². The first-order valence-corrected chi connectivity index (χ1v) is 9.33. The molecule has 0 saturated heterocycles. The molecule has 2 N–H and O–H groups in total. The zero-order chi connectivity index (χ0) is 16.3. The van der Waals surface area contributed by atoms with Crippen molar-refractivity contribution in [1.29, 1.82) is 0 Å². The molecule has 0 bridgehead atoms. The number of nitrogens with one attached hydrogen (secondary N) is 1. The Morgan fingerprint density at radius 3 is 2.59 bits per heavy atom. The molecule has 0 radical (unpaired) electrons. The molecular weight excluding hydrogens is 374 g/mol. The third-order valence-corrected chi connectivity index (χ3v) is 5.45. The van der Waals surface area contributed by atoms with E-state index in [1.165, 1.54) is 0 Å². The zero-order valence-electron chi connectivity index (χ0n) is 11.7. The minimum atomic E-state index is -3.56. The van der Waals surface area contributed by atoms with Crippen molar-refractivity contribution in [2.24, 2.45) is 5.92 Å². The molecule has 1 aromatic carbocycles. The van der Waals surface area contributed by atoms with E-state index in [4.69, 9.17) is 5.11 Å². The molecule has 0 spiro atoms. The van der Waals surface area contributed by atoms with E-state index in [9.17, 15) is 18.0 Å². The van der Waals surface area contributed by atoms with Gasteiger partial charge in [-0.25, -0.2) is 8.42 Å². The summed E-state index contributed by atoms with van der Waals surface area (Å²) in [4.78, 5) is 22.4. The molecule has 1 fully saturated rings. The van der Waals surface area contributed by atoms with Crippen molar-refractivity contribution in [2.75, 3.05) is 5.75 Å². The molecule has 22 heavy (non-hydrogen) atoms. The summed E-state index contributed by atoms with van der Waals surface area (Å²) < 4.78 is 24.8. The SMILES string of the molecule is O=C(CS(=O)(=O)Cc1cccc(Br)c1)NC1CC(C(=O)O)C1. The Morgan fingerprint density at radius 2 is 2.00 bits per heavy atom. The Balaban J connectivity index is 1.84. The summed E-state index contributed by atoms with van der Waals surface area (Å²) >= 11 is 3.27. The minimum absolute atomic E-state index is 0.206. The molecule has 1 amide bonds. The maximum Gasteiger partial charge on any atom is 0.306 e. The Kier molecular flexibility index (Phi) is 5.23. The van der Waals surface area contributed by atoms with Gasteiger partial charge in [-0.15, -0.1) is 0 Å². The molecule has 120 valence electrons. The van der Waals surface area contributed by atoms with E-state index in [-0.39, 0.29) is 11.8 Å². The summed E-state index contributed by atoms with van der Waals surface area (Å²) in [5.74, 6) is -2.70. The van der Waals surface area contributed by atoms with Gasteiger partial charge in [0.05, 0.1) is 11.7 Å². The van der Waals surface area contributed by atoms with Gasteiger partial charge in [-0.1, -0.05) is 28.1 Å². The topological polar surface area (TPSA) is 101 Å². The van der Waals surface area contributed by atoms with Crippen molar-refractivity contribution in [3.8, 4) is 0 Å². The van der Waals surface area contributed by atoms with Crippen LogP contribution >= 0.6 is 15.9 Å². The monoisotopic (exact) mass is 389 g/mol. The number of carboxylic acid groups (broad SMARTS) is 1. The normalized spacial score (nSPS) is 21.0. The van der Waals surface area contributed by atoms with Crippen LogP contribution in [0.5, 0.6) is 0 Å². The highest BCUT2D eigenvalue weighted by Gasteiger charge is 2.35. The van der Waals surface area contributed by atoms with Crippen molar-refractivity contribution in [3.63, 3.8) is 0 Å². The van der Waals surface area contributed by atoms with E-state index in [0.29, 0.717) is 18.4 Å². The summed E-state index contributed by atoms with van der Waals surface area (Å²) in [5, 5.41) is 11.3. The minimum Gasteiger partial charge on any atom is -0.481 e. The fourth-order valence-electron chi connectivity index (χ4n) is 2.34. The van der Waals surface area contributed by atoms with Crippen LogP contribution in [0.2, 0.25) is 0 Å². The lowest BCUT2D eigenvalue weighted by Crippen LogP contribution is -2.48. The molecule has 1 aromatic rings. The van der Waals surface area contributed by atoms with Crippen LogP contribution in [0.15, 0.2) is 28.7 Å². The quantitative estimate of drug-likeness (QED) is 0.764. The van der Waals surface area contributed by atoms with Gasteiger partial charge in [-0.3, -0.25) is 9.59 Å². The molecular formula is C14H16BrNO5S. The number of carboxylic acids is 1. The highest BCUT2D eigenvalue weighted by atomic mass is 79.9. The Labute approximate surface area is 137 Å². The van der Waals surface area contributed by atoms with Gasteiger partial charge in [0.15, 0.2) is 9.84 Å². The lowest BCUT2D eigenvalue weighted by Gasteiger charge is -2.32. The molecule has 2 rings (SSSR count). The first-order valence-electron chi connectivity index (χ1n) is 6.72. The number of benzene rings is 1. The van der Waals surface area contributed by atoms with E-state index in [0.717, 1.165) is 4.47 Å². The van der Waals surface area contributed by atoms with Gasteiger partial charge in [0.2, 0.25) is 5.91 Å². The number of aliphatic carboxylic acids is 1. The lowest BCUT2D eigenvalue weighted by atomic mass is 9.80. The van der Waals surface area contributed by atoms with Crippen LogP contribution in [0.3, 0.4) is 0 Å². The van der Waals surface area contributed by atoms with Crippen molar-refractivity contribution in [2.45, 2.75) is 24.6 Å². The van der Waals surface area contributed by atoms with Gasteiger partial charge in [-0.05, 0) is 30.5 Å². The van der Waals surface area contributed by atoms with Gasteiger partial charge >= 0.3 is 5.97 Å². The highest BCUT2D eigenvalue weighted by Crippen LogP contribution is 2.27. The Morgan fingerprint density at radius 1 is 1.32 bits per heavy atom. The summed E-state index contributed by atoms with van der Waals surface area (Å²) in [6.07, 6.45) is 0.708. The van der Waals surface area contributed by atoms with E-state index in [1.54, 1.807) is 24.3 Å². The number of amides is 1. The van der Waals surface area contributed by atoms with Crippen molar-refractivity contribution in [1.82, 2.24) is 5.32 Å². The summed E-state index contributed by atoms with van der Waals surface area (Å²) in [7, 11) is -3.56. The summed E-state index contributed by atoms with van der Waals surface area (Å²) in [6.45, 7) is 0. The number of halogens is 1. The molecule has 8 heteroatoms. The second-order valence-corrected chi connectivity index (χ2v) is 8.41. The van der Waals surface area contributed by atoms with Gasteiger partial charge < -0.3 is 10.4 Å². The molecule has 1 saturated carbocycles. The van der Waals surface area contributed by atoms with Gasteiger partial charge in [-0.2, -0.15) is 0 Å². The number of carbonyl (C=O) groups excluding carboxylic acids is 1. The van der Waals surface area contributed by atoms with Crippen LogP contribution < -0.4 is 5.32 Å². The highest BCUT2D eigenvalue weighted by molar-refractivity contribution is 9.10. The molecule has 0 aromatic heterocycles. The van der Waals surface area contributed by atoms with E-state index < -0.39 is 33.4 Å². The number of rotatable bonds is 6. The largest absolute Gasteiger partial charge is 0.481 e. The van der Waals surface area contributed by atoms with Crippen molar-refractivity contribution >= 4 is 37.6 Å². The van der Waals surface area contributed by atoms with Crippen LogP contribution in [0, 0.1) is 5.92 Å². The standard InChI is InChI=1S/C14H16BrNO5S/c15-11-3-1-2-9(4-11)7-22(20,21)8-13(17)16-12-5-10(6-12)14(18)19/h1-4,10,12H,5-8H2,(H,16,17)(H,18,19). The number of carbonyl (C=O) groups is 2. The summed E-state index contributed by atoms with van der Waals surface area (Å²) in [5.41, 5.74) is 0.608. The fraction of sp³-hybridized carbons (Fsp3) is 0.429. The molecule has 1 aliphatic carbocycles. The molecule has 0 unspecified atom stereocenters. The predicted octanol–water partition coefficient (Wildman–Crippen LogP) is 1.34. The molecule has 6 nitrogen and oxygen atoms in total. The lowest BCUT2D eigenvalue weighted by molar-refractivity contribution is -0.146. The first kappa shape index (κ1) is 17.0. The Bertz CT molecular complexity index is 682. The van der Waals surface area contributed by atoms with Gasteiger partial charge in [0.1, 0.15) is 5.75 Å². The third-order valence-electron chi connectivity index (χ3n) is 3.48. The maximum atomic E-state index is 12.0. The molecule has 0 heterocycles. The molecule has 0 atom stereocenters. The number of sulfone groups is 1. The van der Waals surface area contributed by atoms with Crippen LogP contribution in [-0.4, -0.2) is 37.2 Å². The summed E-state index contributed by atoms with van der Waals surface area (Å²) in [6, 6.07) is 6.66.